The molecule has 26 heavy (non-hydrogen) atoms. The van der Waals surface area contributed by atoms with Gasteiger partial charge in [0.15, 0.2) is 22.7 Å². The van der Waals surface area contributed by atoms with Gasteiger partial charge in [-0.3, -0.25) is 0 Å². The largest absolute Gasteiger partial charge is 0.503 e. The summed E-state index contributed by atoms with van der Waals surface area (Å²) in [5.41, 5.74) is -1.35. The van der Waals surface area contributed by atoms with Crippen LogP contribution in [0.25, 0.3) is 0 Å². The van der Waals surface area contributed by atoms with Gasteiger partial charge < -0.3 is 29.2 Å². The van der Waals surface area contributed by atoms with E-state index >= 15 is 0 Å². The SMILES string of the molecule is CCCOCCOCCOc1ccnc(C2=N[C@@](C)(C(=O)O)CO2)c1O. The van der Waals surface area contributed by atoms with Gasteiger partial charge in [0.2, 0.25) is 5.90 Å². The van der Waals surface area contributed by atoms with Crippen LogP contribution in [0.4, 0.5) is 0 Å². The quantitative estimate of drug-likeness (QED) is 0.560. The number of aromatic hydroxyl groups is 1. The average molecular weight is 368 g/mol. The molecule has 2 rings (SSSR count). The number of hydrogen-bond acceptors (Lipinski definition) is 8. The van der Waals surface area contributed by atoms with E-state index in [4.69, 9.17) is 18.9 Å². The van der Waals surface area contributed by atoms with Crippen molar-refractivity contribution in [2.45, 2.75) is 25.8 Å². The lowest BCUT2D eigenvalue weighted by atomic mass is 10.1. The van der Waals surface area contributed by atoms with E-state index in [-0.39, 0.29) is 36.3 Å². The van der Waals surface area contributed by atoms with E-state index in [0.29, 0.717) is 26.4 Å². The van der Waals surface area contributed by atoms with Gasteiger partial charge in [-0.2, -0.15) is 0 Å². The van der Waals surface area contributed by atoms with Crippen molar-refractivity contribution in [1.29, 1.82) is 0 Å². The molecule has 0 bridgehead atoms. The molecule has 1 atom stereocenters. The highest BCUT2D eigenvalue weighted by Crippen LogP contribution is 2.31. The van der Waals surface area contributed by atoms with Crippen molar-refractivity contribution in [2.75, 3.05) is 39.6 Å². The summed E-state index contributed by atoms with van der Waals surface area (Å²) >= 11 is 0. The second kappa shape index (κ2) is 9.35. The highest BCUT2D eigenvalue weighted by Gasteiger charge is 2.40. The molecule has 0 spiro atoms. The number of ether oxygens (including phenoxy) is 4. The molecule has 144 valence electrons. The minimum Gasteiger partial charge on any atom is -0.503 e. The van der Waals surface area contributed by atoms with Crippen molar-refractivity contribution in [3.8, 4) is 11.5 Å². The first-order chi connectivity index (χ1) is 12.5. The van der Waals surface area contributed by atoms with Crippen LogP contribution in [0, 0.1) is 0 Å². The van der Waals surface area contributed by atoms with Crippen LogP contribution < -0.4 is 4.74 Å². The minimum atomic E-state index is -1.39. The number of carboxylic acids is 1. The molecule has 1 aromatic rings. The van der Waals surface area contributed by atoms with Crippen molar-refractivity contribution < 1.29 is 34.0 Å². The summed E-state index contributed by atoms with van der Waals surface area (Å²) in [6.07, 6.45) is 2.39. The molecule has 0 aliphatic carbocycles. The minimum absolute atomic E-state index is 0.0258. The normalized spacial score (nSPS) is 19.1. The molecule has 0 aromatic carbocycles. The lowest BCUT2D eigenvalue weighted by Crippen LogP contribution is -2.34. The zero-order chi connectivity index (χ0) is 19.0. The fourth-order valence-electron chi connectivity index (χ4n) is 2.11. The molecule has 2 heterocycles. The molecule has 9 heteroatoms. The Morgan fingerprint density at radius 1 is 1.27 bits per heavy atom. The molecule has 0 radical (unpaired) electrons. The molecule has 1 aliphatic heterocycles. The molecular weight excluding hydrogens is 344 g/mol. The van der Waals surface area contributed by atoms with Gasteiger partial charge >= 0.3 is 5.97 Å². The molecule has 1 aliphatic rings. The van der Waals surface area contributed by atoms with Crippen molar-refractivity contribution >= 4 is 11.9 Å². The molecule has 0 fully saturated rings. The Hall–Kier alpha value is -2.39. The zero-order valence-corrected chi connectivity index (χ0v) is 14.9. The van der Waals surface area contributed by atoms with Crippen molar-refractivity contribution in [2.24, 2.45) is 4.99 Å². The van der Waals surface area contributed by atoms with Gasteiger partial charge in [-0.15, -0.1) is 0 Å². The molecule has 0 unspecified atom stereocenters. The first-order valence-electron chi connectivity index (χ1n) is 8.40. The van der Waals surface area contributed by atoms with Crippen LogP contribution in [-0.2, 0) is 19.0 Å². The van der Waals surface area contributed by atoms with Crippen molar-refractivity contribution in [3.05, 3.63) is 18.0 Å². The Bertz CT molecular complexity index is 650. The molecular formula is C17H24N2O7. The molecule has 1 aromatic heterocycles. The predicted molar refractivity (Wildman–Crippen MR) is 91.9 cm³/mol. The Labute approximate surface area is 151 Å². The maximum absolute atomic E-state index is 11.2. The predicted octanol–water partition coefficient (Wildman–Crippen LogP) is 1.23. The van der Waals surface area contributed by atoms with E-state index in [1.54, 1.807) is 0 Å². The fraction of sp³-hybridized carbons (Fsp3) is 0.588. The highest BCUT2D eigenvalue weighted by molar-refractivity contribution is 5.99. The first kappa shape index (κ1) is 19.9. The summed E-state index contributed by atoms with van der Waals surface area (Å²) in [7, 11) is 0. The zero-order valence-electron chi connectivity index (χ0n) is 14.9. The highest BCUT2D eigenvalue weighted by atomic mass is 16.5. The van der Waals surface area contributed by atoms with Crippen LogP contribution in [0.3, 0.4) is 0 Å². The summed E-state index contributed by atoms with van der Waals surface area (Å²) in [6, 6.07) is 1.50. The summed E-state index contributed by atoms with van der Waals surface area (Å²) in [5, 5.41) is 19.5. The van der Waals surface area contributed by atoms with E-state index in [1.165, 1.54) is 19.2 Å². The van der Waals surface area contributed by atoms with Crippen LogP contribution in [0.1, 0.15) is 26.0 Å². The van der Waals surface area contributed by atoms with Gasteiger partial charge in [0, 0.05) is 18.9 Å². The van der Waals surface area contributed by atoms with Gasteiger partial charge in [-0.1, -0.05) is 6.92 Å². The van der Waals surface area contributed by atoms with Gasteiger partial charge in [-0.05, 0) is 13.3 Å². The maximum atomic E-state index is 11.2. The number of rotatable bonds is 11. The average Bonchev–Trinajstić information content (AvgIpc) is 3.02. The number of hydrogen-bond donors (Lipinski definition) is 2. The van der Waals surface area contributed by atoms with E-state index in [1.807, 2.05) is 6.92 Å². The van der Waals surface area contributed by atoms with Gasteiger partial charge in [-0.25, -0.2) is 14.8 Å². The summed E-state index contributed by atoms with van der Waals surface area (Å²) in [4.78, 5) is 19.2. The smallest absolute Gasteiger partial charge is 0.335 e. The Morgan fingerprint density at radius 3 is 2.62 bits per heavy atom. The number of nitrogens with zero attached hydrogens (tertiary/aromatic N) is 2. The van der Waals surface area contributed by atoms with Crippen molar-refractivity contribution in [1.82, 2.24) is 4.98 Å². The summed E-state index contributed by atoms with van der Waals surface area (Å²) in [6.45, 7) is 5.60. The van der Waals surface area contributed by atoms with E-state index in [9.17, 15) is 15.0 Å². The fourth-order valence-corrected chi connectivity index (χ4v) is 2.11. The monoisotopic (exact) mass is 368 g/mol. The summed E-state index contributed by atoms with van der Waals surface area (Å²) < 4.78 is 21.4. The second-order valence-corrected chi connectivity index (χ2v) is 5.86. The number of pyridine rings is 1. The molecule has 9 nitrogen and oxygen atoms in total. The molecule has 0 saturated heterocycles. The number of aromatic nitrogens is 1. The van der Waals surface area contributed by atoms with Crippen molar-refractivity contribution in [3.63, 3.8) is 0 Å². The van der Waals surface area contributed by atoms with Gasteiger partial charge in [0.25, 0.3) is 0 Å². The Morgan fingerprint density at radius 2 is 1.96 bits per heavy atom. The third-order valence-electron chi connectivity index (χ3n) is 3.59. The molecule has 0 amide bonds. The third-order valence-corrected chi connectivity index (χ3v) is 3.59. The van der Waals surface area contributed by atoms with Crippen LogP contribution in [-0.4, -0.2) is 72.2 Å². The first-order valence-corrected chi connectivity index (χ1v) is 8.40. The van der Waals surface area contributed by atoms with Gasteiger partial charge in [0.1, 0.15) is 13.2 Å². The standard InChI is InChI=1S/C17H24N2O7/c1-3-6-23-7-8-24-9-10-25-12-4-5-18-13(14(12)20)15-19-17(2,11-26-15)16(21)22/h4-5,20H,3,6-11H2,1-2H3,(H,21,22)/t17-/m1/s1. The molecule has 2 N–H and O–H groups in total. The summed E-state index contributed by atoms with van der Waals surface area (Å²) in [5.74, 6) is -1.20. The number of carbonyl (C=O) groups is 1. The Balaban J connectivity index is 1.89. The topological polar surface area (TPSA) is 120 Å². The third kappa shape index (κ3) is 5.06. The van der Waals surface area contributed by atoms with Gasteiger partial charge in [0.05, 0.1) is 19.8 Å². The molecule has 0 saturated carbocycles. The number of aliphatic carboxylic acids is 1. The van der Waals surface area contributed by atoms with E-state index in [2.05, 4.69) is 9.98 Å². The lowest BCUT2D eigenvalue weighted by Gasteiger charge is -2.10. The Kier molecular flexibility index (Phi) is 7.16. The van der Waals surface area contributed by atoms with Crippen LogP contribution in [0.2, 0.25) is 0 Å². The van der Waals surface area contributed by atoms with Crippen LogP contribution in [0.5, 0.6) is 11.5 Å². The number of carboxylic acid groups (broad SMARTS) is 1. The van der Waals surface area contributed by atoms with E-state index in [0.717, 1.165) is 6.42 Å². The second-order valence-electron chi connectivity index (χ2n) is 5.86. The number of aliphatic imine (C=N–C) groups is 1. The maximum Gasteiger partial charge on any atom is 0.335 e. The van der Waals surface area contributed by atoms with Crippen LogP contribution in [0.15, 0.2) is 17.3 Å². The lowest BCUT2D eigenvalue weighted by molar-refractivity contribution is -0.142. The van der Waals surface area contributed by atoms with E-state index < -0.39 is 11.5 Å². The van der Waals surface area contributed by atoms with Crippen LogP contribution >= 0.6 is 0 Å².